The average molecular weight is 296 g/mol. The SMILES string of the molecule is CC(C)(C)Nc1ncc(N)c(NCC(C)(C)NC(=O)O)n1. The van der Waals surface area contributed by atoms with Crippen molar-refractivity contribution in [1.29, 1.82) is 0 Å². The summed E-state index contributed by atoms with van der Waals surface area (Å²) < 4.78 is 0. The van der Waals surface area contributed by atoms with Crippen LogP contribution in [0.4, 0.5) is 22.2 Å². The van der Waals surface area contributed by atoms with Crippen LogP contribution < -0.4 is 21.7 Å². The van der Waals surface area contributed by atoms with E-state index in [9.17, 15) is 4.79 Å². The Hall–Kier alpha value is -2.25. The molecule has 1 rings (SSSR count). The maximum Gasteiger partial charge on any atom is 0.405 e. The number of nitrogen functional groups attached to an aromatic ring is 1. The number of nitrogens with one attached hydrogen (secondary N) is 3. The summed E-state index contributed by atoms with van der Waals surface area (Å²) in [7, 11) is 0. The molecule has 0 saturated heterocycles. The van der Waals surface area contributed by atoms with Gasteiger partial charge < -0.3 is 26.8 Å². The van der Waals surface area contributed by atoms with Crippen molar-refractivity contribution in [3.8, 4) is 0 Å². The Balaban J connectivity index is 2.79. The maximum absolute atomic E-state index is 10.7. The van der Waals surface area contributed by atoms with Gasteiger partial charge in [0.2, 0.25) is 5.95 Å². The lowest BCUT2D eigenvalue weighted by atomic mass is 10.1. The lowest BCUT2D eigenvalue weighted by Crippen LogP contribution is -2.47. The van der Waals surface area contributed by atoms with Crippen LogP contribution in [0, 0.1) is 0 Å². The number of carboxylic acid groups (broad SMARTS) is 1. The molecule has 1 amide bonds. The van der Waals surface area contributed by atoms with Crippen molar-refractivity contribution in [1.82, 2.24) is 15.3 Å². The molecule has 0 spiro atoms. The smallest absolute Gasteiger partial charge is 0.405 e. The van der Waals surface area contributed by atoms with Gasteiger partial charge in [-0.2, -0.15) is 4.98 Å². The van der Waals surface area contributed by atoms with Gasteiger partial charge in [0.05, 0.1) is 17.4 Å². The third kappa shape index (κ3) is 6.15. The molecular weight excluding hydrogens is 272 g/mol. The van der Waals surface area contributed by atoms with Crippen molar-refractivity contribution >= 4 is 23.5 Å². The summed E-state index contributed by atoms with van der Waals surface area (Å²) in [5, 5.41) is 17.4. The summed E-state index contributed by atoms with van der Waals surface area (Å²) >= 11 is 0. The number of nitrogens with zero attached hydrogens (tertiary/aromatic N) is 2. The van der Waals surface area contributed by atoms with E-state index >= 15 is 0 Å². The van der Waals surface area contributed by atoms with E-state index in [1.165, 1.54) is 6.20 Å². The molecular formula is C13H24N6O2. The van der Waals surface area contributed by atoms with Crippen LogP contribution >= 0.6 is 0 Å². The van der Waals surface area contributed by atoms with Crippen LogP contribution in [-0.2, 0) is 0 Å². The standard InChI is InChI=1S/C13H24N6O2/c1-12(2,3)18-10-15-6-8(14)9(17-10)16-7-13(4,5)19-11(20)21/h6,19H,7,14H2,1-5H3,(H,20,21)(H2,15,16,17,18). The van der Waals surface area contributed by atoms with E-state index < -0.39 is 11.6 Å². The van der Waals surface area contributed by atoms with Gasteiger partial charge in [0.25, 0.3) is 0 Å². The van der Waals surface area contributed by atoms with Crippen molar-refractivity contribution in [2.24, 2.45) is 0 Å². The van der Waals surface area contributed by atoms with Gasteiger partial charge in [0.1, 0.15) is 0 Å². The average Bonchev–Trinajstić information content (AvgIpc) is 2.26. The molecule has 8 heteroatoms. The van der Waals surface area contributed by atoms with Crippen LogP contribution in [0.1, 0.15) is 34.6 Å². The number of hydrogen-bond donors (Lipinski definition) is 5. The molecule has 1 aromatic heterocycles. The second-order valence-corrected chi connectivity index (χ2v) is 6.54. The highest BCUT2D eigenvalue weighted by molar-refractivity contribution is 5.66. The van der Waals surface area contributed by atoms with Crippen molar-refractivity contribution in [2.45, 2.75) is 45.7 Å². The molecule has 0 bridgehead atoms. The van der Waals surface area contributed by atoms with Crippen LogP contribution in [0.3, 0.4) is 0 Å². The van der Waals surface area contributed by atoms with Gasteiger partial charge >= 0.3 is 6.09 Å². The number of anilines is 3. The lowest BCUT2D eigenvalue weighted by molar-refractivity contribution is 0.183. The molecule has 6 N–H and O–H groups in total. The Morgan fingerprint density at radius 3 is 2.48 bits per heavy atom. The molecule has 1 heterocycles. The first-order valence-electron chi connectivity index (χ1n) is 6.64. The maximum atomic E-state index is 10.7. The second kappa shape index (κ2) is 6.02. The van der Waals surface area contributed by atoms with Gasteiger partial charge in [-0.3, -0.25) is 0 Å². The van der Waals surface area contributed by atoms with Gasteiger partial charge in [-0.15, -0.1) is 0 Å². The first kappa shape index (κ1) is 16.8. The molecule has 1 aromatic rings. The quantitative estimate of drug-likeness (QED) is 0.560. The van der Waals surface area contributed by atoms with Gasteiger partial charge in [-0.1, -0.05) is 0 Å². The molecule has 0 aliphatic rings. The number of aromatic nitrogens is 2. The molecule has 118 valence electrons. The molecule has 0 unspecified atom stereocenters. The molecule has 0 atom stereocenters. The number of nitrogens with two attached hydrogens (primary N) is 1. The van der Waals surface area contributed by atoms with Crippen LogP contribution in [-0.4, -0.2) is 38.8 Å². The lowest BCUT2D eigenvalue weighted by Gasteiger charge is -2.26. The highest BCUT2D eigenvalue weighted by Crippen LogP contribution is 2.19. The predicted octanol–water partition coefficient (Wildman–Crippen LogP) is 1.73. The van der Waals surface area contributed by atoms with Crippen LogP contribution in [0.15, 0.2) is 6.20 Å². The highest BCUT2D eigenvalue weighted by atomic mass is 16.4. The van der Waals surface area contributed by atoms with E-state index in [2.05, 4.69) is 25.9 Å². The fraction of sp³-hybridized carbons (Fsp3) is 0.615. The van der Waals surface area contributed by atoms with E-state index in [1.54, 1.807) is 13.8 Å². The van der Waals surface area contributed by atoms with Gasteiger partial charge in [0.15, 0.2) is 5.82 Å². The summed E-state index contributed by atoms with van der Waals surface area (Å²) in [4.78, 5) is 19.1. The van der Waals surface area contributed by atoms with Crippen LogP contribution in [0.25, 0.3) is 0 Å². The van der Waals surface area contributed by atoms with Gasteiger partial charge in [-0.05, 0) is 34.6 Å². The largest absolute Gasteiger partial charge is 0.465 e. The van der Waals surface area contributed by atoms with E-state index in [0.717, 1.165) is 0 Å². The normalized spacial score (nSPS) is 11.9. The first-order chi connectivity index (χ1) is 9.48. The zero-order chi connectivity index (χ0) is 16.3. The molecule has 21 heavy (non-hydrogen) atoms. The van der Waals surface area contributed by atoms with Crippen LogP contribution in [0.2, 0.25) is 0 Å². The van der Waals surface area contributed by atoms with Crippen LogP contribution in [0.5, 0.6) is 0 Å². The Labute approximate surface area is 124 Å². The third-order valence-electron chi connectivity index (χ3n) is 2.45. The fourth-order valence-corrected chi connectivity index (χ4v) is 1.57. The van der Waals surface area contributed by atoms with E-state index in [4.69, 9.17) is 10.8 Å². The molecule has 0 fully saturated rings. The summed E-state index contributed by atoms with van der Waals surface area (Å²) in [5.74, 6) is 0.931. The minimum absolute atomic E-state index is 0.169. The van der Waals surface area contributed by atoms with Crippen molar-refractivity contribution in [2.75, 3.05) is 22.9 Å². The van der Waals surface area contributed by atoms with Gasteiger partial charge in [-0.25, -0.2) is 9.78 Å². The minimum Gasteiger partial charge on any atom is -0.465 e. The Kier molecular flexibility index (Phi) is 4.82. The first-order valence-corrected chi connectivity index (χ1v) is 6.64. The molecule has 0 aliphatic heterocycles. The van der Waals surface area contributed by atoms with E-state index in [-0.39, 0.29) is 5.54 Å². The molecule has 0 aromatic carbocycles. The Bertz CT molecular complexity index is 510. The molecule has 0 radical (unpaired) electrons. The van der Waals surface area contributed by atoms with E-state index in [0.29, 0.717) is 24.0 Å². The van der Waals surface area contributed by atoms with Gasteiger partial charge in [0, 0.05) is 12.1 Å². The summed E-state index contributed by atoms with van der Waals surface area (Å²) in [5.41, 5.74) is 5.41. The number of rotatable bonds is 5. The zero-order valence-electron chi connectivity index (χ0n) is 13.1. The number of hydrogen-bond acceptors (Lipinski definition) is 6. The Morgan fingerprint density at radius 2 is 1.95 bits per heavy atom. The monoisotopic (exact) mass is 296 g/mol. The number of carbonyl (C=O) groups is 1. The van der Waals surface area contributed by atoms with Crippen molar-refractivity contribution in [3.05, 3.63) is 6.20 Å². The molecule has 0 aliphatic carbocycles. The highest BCUT2D eigenvalue weighted by Gasteiger charge is 2.21. The summed E-state index contributed by atoms with van der Waals surface area (Å²) in [6.07, 6.45) is 0.439. The predicted molar refractivity (Wildman–Crippen MR) is 83.5 cm³/mol. The van der Waals surface area contributed by atoms with E-state index in [1.807, 2.05) is 20.8 Å². The summed E-state index contributed by atoms with van der Waals surface area (Å²) in [6, 6.07) is 0. The Morgan fingerprint density at radius 1 is 1.33 bits per heavy atom. The fourth-order valence-electron chi connectivity index (χ4n) is 1.57. The van der Waals surface area contributed by atoms with Crippen molar-refractivity contribution in [3.63, 3.8) is 0 Å². The zero-order valence-corrected chi connectivity index (χ0v) is 13.1. The molecule has 8 nitrogen and oxygen atoms in total. The second-order valence-electron chi connectivity index (χ2n) is 6.54. The molecule has 0 saturated carbocycles. The summed E-state index contributed by atoms with van der Waals surface area (Å²) in [6.45, 7) is 9.87. The topological polar surface area (TPSA) is 125 Å². The third-order valence-corrected chi connectivity index (χ3v) is 2.45. The number of amides is 1. The van der Waals surface area contributed by atoms with Crippen molar-refractivity contribution < 1.29 is 9.90 Å². The minimum atomic E-state index is -1.08.